The molecule has 1 saturated carbocycles. The van der Waals surface area contributed by atoms with Gasteiger partial charge in [-0.1, -0.05) is 0 Å². The molecule has 3 aromatic heterocycles. The van der Waals surface area contributed by atoms with Crippen LogP contribution in [0.25, 0.3) is 11.1 Å². The van der Waals surface area contributed by atoms with Crippen molar-refractivity contribution in [3.05, 3.63) is 54.4 Å². The number of rotatable bonds is 6. The maximum Gasteiger partial charge on any atom is 0.316 e. The first kappa shape index (κ1) is 20.0. The van der Waals surface area contributed by atoms with Crippen LogP contribution in [0.4, 0.5) is 0 Å². The number of pyridine rings is 1. The smallest absolute Gasteiger partial charge is 0.316 e. The fraction of sp³-hybridized carbons (Fsp3) is 0.409. The van der Waals surface area contributed by atoms with Crippen LogP contribution in [0.5, 0.6) is 6.01 Å². The number of carbonyl (C=O) groups excluding carboxylic acids is 1. The van der Waals surface area contributed by atoms with E-state index in [-0.39, 0.29) is 11.9 Å². The SMILES string of the molecule is COc1ncc(C(=O)NCC2CCC(c3nn(C)cc3-c3ccncc3)CC2)cn1. The number of carbonyl (C=O) groups is 1. The van der Waals surface area contributed by atoms with Crippen molar-refractivity contribution in [2.75, 3.05) is 13.7 Å². The van der Waals surface area contributed by atoms with Crippen molar-refractivity contribution in [1.29, 1.82) is 0 Å². The molecule has 0 saturated heterocycles. The van der Waals surface area contributed by atoms with E-state index in [1.807, 2.05) is 36.3 Å². The summed E-state index contributed by atoms with van der Waals surface area (Å²) in [5.74, 6) is 0.762. The first-order valence-electron chi connectivity index (χ1n) is 10.2. The van der Waals surface area contributed by atoms with Gasteiger partial charge in [0.1, 0.15) is 0 Å². The van der Waals surface area contributed by atoms with Crippen LogP contribution in [0.1, 0.15) is 47.7 Å². The number of hydrogen-bond acceptors (Lipinski definition) is 6. The second-order valence-corrected chi connectivity index (χ2v) is 7.72. The average Bonchev–Trinajstić information content (AvgIpc) is 3.20. The third-order valence-electron chi connectivity index (χ3n) is 5.71. The Balaban J connectivity index is 1.33. The van der Waals surface area contributed by atoms with Crippen molar-refractivity contribution in [1.82, 2.24) is 30.0 Å². The number of nitrogens with zero attached hydrogens (tertiary/aromatic N) is 5. The number of aryl methyl sites for hydroxylation is 1. The number of aromatic nitrogens is 5. The molecule has 156 valence electrons. The zero-order valence-electron chi connectivity index (χ0n) is 17.3. The molecule has 1 N–H and O–H groups in total. The molecule has 0 aliphatic heterocycles. The summed E-state index contributed by atoms with van der Waals surface area (Å²) in [7, 11) is 3.47. The lowest BCUT2D eigenvalue weighted by molar-refractivity contribution is 0.0942. The van der Waals surface area contributed by atoms with E-state index in [9.17, 15) is 4.79 Å². The lowest BCUT2D eigenvalue weighted by atomic mass is 9.79. The van der Waals surface area contributed by atoms with Crippen molar-refractivity contribution in [3.63, 3.8) is 0 Å². The summed E-state index contributed by atoms with van der Waals surface area (Å²) in [6, 6.07) is 4.32. The van der Waals surface area contributed by atoms with Gasteiger partial charge in [0.25, 0.3) is 5.91 Å². The molecule has 0 atom stereocenters. The van der Waals surface area contributed by atoms with Crippen LogP contribution in [0.3, 0.4) is 0 Å². The second-order valence-electron chi connectivity index (χ2n) is 7.72. The lowest BCUT2D eigenvalue weighted by Gasteiger charge is -2.28. The predicted molar refractivity (Wildman–Crippen MR) is 112 cm³/mol. The standard InChI is InChI=1S/C22H26N6O2/c1-28-14-19(16-7-9-23-10-8-16)20(27-28)17-5-3-15(4-6-17)11-24-21(29)18-12-25-22(30-2)26-13-18/h7-10,12-15,17H,3-6,11H2,1-2H3,(H,24,29). The maximum atomic E-state index is 12.3. The first-order chi connectivity index (χ1) is 14.6. The molecular weight excluding hydrogens is 380 g/mol. The van der Waals surface area contributed by atoms with Gasteiger partial charge in [-0.15, -0.1) is 0 Å². The van der Waals surface area contributed by atoms with Crippen LogP contribution in [-0.4, -0.2) is 44.3 Å². The Hall–Kier alpha value is -3.29. The minimum absolute atomic E-state index is 0.149. The van der Waals surface area contributed by atoms with Crippen molar-refractivity contribution < 1.29 is 9.53 Å². The summed E-state index contributed by atoms with van der Waals surface area (Å²) in [5.41, 5.74) is 3.96. The topological polar surface area (TPSA) is 94.8 Å². The third-order valence-corrected chi connectivity index (χ3v) is 5.71. The van der Waals surface area contributed by atoms with Gasteiger partial charge in [-0.3, -0.25) is 14.5 Å². The molecule has 4 rings (SSSR count). The van der Waals surface area contributed by atoms with Gasteiger partial charge in [0, 0.05) is 56.1 Å². The van der Waals surface area contributed by atoms with Crippen LogP contribution < -0.4 is 10.1 Å². The van der Waals surface area contributed by atoms with Crippen molar-refractivity contribution in [3.8, 4) is 17.1 Å². The predicted octanol–water partition coefficient (Wildman–Crippen LogP) is 2.98. The summed E-state index contributed by atoms with van der Waals surface area (Å²) in [4.78, 5) is 24.4. The van der Waals surface area contributed by atoms with Gasteiger partial charge >= 0.3 is 6.01 Å². The molecule has 1 amide bonds. The van der Waals surface area contributed by atoms with Gasteiger partial charge in [0.05, 0.1) is 18.4 Å². The molecule has 1 fully saturated rings. The van der Waals surface area contributed by atoms with Gasteiger partial charge < -0.3 is 10.1 Å². The second kappa shape index (κ2) is 9.02. The number of hydrogen-bond donors (Lipinski definition) is 1. The van der Waals surface area contributed by atoms with E-state index in [1.165, 1.54) is 30.8 Å². The average molecular weight is 406 g/mol. The summed E-state index contributed by atoms with van der Waals surface area (Å²) in [6.07, 6.45) is 13.0. The largest absolute Gasteiger partial charge is 0.467 e. The molecule has 8 heteroatoms. The highest BCUT2D eigenvalue weighted by Crippen LogP contribution is 2.39. The number of methoxy groups -OCH3 is 1. The first-order valence-corrected chi connectivity index (χ1v) is 10.2. The Morgan fingerprint density at radius 2 is 1.87 bits per heavy atom. The van der Waals surface area contributed by atoms with Crippen LogP contribution >= 0.6 is 0 Å². The fourth-order valence-corrected chi connectivity index (χ4v) is 4.08. The Morgan fingerprint density at radius 1 is 1.17 bits per heavy atom. The molecule has 1 aliphatic rings. The van der Waals surface area contributed by atoms with Gasteiger partial charge in [0.15, 0.2) is 0 Å². The Morgan fingerprint density at radius 3 is 2.53 bits per heavy atom. The molecule has 0 bridgehead atoms. The Kier molecular flexibility index (Phi) is 6.02. The van der Waals surface area contributed by atoms with E-state index >= 15 is 0 Å². The summed E-state index contributed by atoms with van der Waals surface area (Å²) >= 11 is 0. The Bertz CT molecular complexity index is 979. The summed E-state index contributed by atoms with van der Waals surface area (Å²) in [5, 5.41) is 7.78. The van der Waals surface area contributed by atoms with Crippen LogP contribution in [0.15, 0.2) is 43.1 Å². The quantitative estimate of drug-likeness (QED) is 0.676. The number of nitrogens with one attached hydrogen (secondary N) is 1. The minimum Gasteiger partial charge on any atom is -0.467 e. The molecule has 30 heavy (non-hydrogen) atoms. The highest BCUT2D eigenvalue weighted by molar-refractivity contribution is 5.93. The van der Waals surface area contributed by atoms with Gasteiger partial charge in [-0.2, -0.15) is 5.10 Å². The third kappa shape index (κ3) is 4.48. The van der Waals surface area contributed by atoms with Crippen LogP contribution in [-0.2, 0) is 7.05 Å². The zero-order valence-corrected chi connectivity index (χ0v) is 17.3. The van der Waals surface area contributed by atoms with Gasteiger partial charge in [0.2, 0.25) is 0 Å². The summed E-state index contributed by atoms with van der Waals surface area (Å²) in [6.45, 7) is 0.664. The van der Waals surface area contributed by atoms with E-state index in [4.69, 9.17) is 9.84 Å². The highest BCUT2D eigenvalue weighted by Gasteiger charge is 2.27. The van der Waals surface area contributed by atoms with Crippen molar-refractivity contribution in [2.45, 2.75) is 31.6 Å². The maximum absolute atomic E-state index is 12.3. The minimum atomic E-state index is -0.149. The molecular formula is C22H26N6O2. The van der Waals surface area contributed by atoms with Crippen molar-refractivity contribution >= 4 is 5.91 Å². The number of ether oxygens (including phenoxy) is 1. The molecule has 0 unspecified atom stereocenters. The molecule has 1 aliphatic carbocycles. The molecule has 8 nitrogen and oxygen atoms in total. The number of amides is 1. The highest BCUT2D eigenvalue weighted by atomic mass is 16.5. The zero-order chi connectivity index (χ0) is 20.9. The van der Waals surface area contributed by atoms with E-state index in [1.54, 1.807) is 0 Å². The monoisotopic (exact) mass is 406 g/mol. The summed E-state index contributed by atoms with van der Waals surface area (Å²) < 4.78 is 6.82. The van der Waals surface area contributed by atoms with E-state index in [0.29, 0.717) is 23.9 Å². The van der Waals surface area contributed by atoms with Crippen molar-refractivity contribution in [2.24, 2.45) is 13.0 Å². The van der Waals surface area contributed by atoms with E-state index < -0.39 is 0 Å². The van der Waals surface area contributed by atoms with E-state index in [2.05, 4.69) is 26.5 Å². The van der Waals surface area contributed by atoms with Crippen LogP contribution in [0, 0.1) is 5.92 Å². The van der Waals surface area contributed by atoms with Gasteiger partial charge in [-0.05, 0) is 49.3 Å². The Labute approximate surface area is 175 Å². The molecule has 3 heterocycles. The molecule has 0 spiro atoms. The molecule has 3 aromatic rings. The normalized spacial score (nSPS) is 18.7. The molecule has 0 aromatic carbocycles. The van der Waals surface area contributed by atoms with E-state index in [0.717, 1.165) is 31.2 Å². The van der Waals surface area contributed by atoms with Gasteiger partial charge in [-0.25, -0.2) is 9.97 Å². The van der Waals surface area contributed by atoms with Crippen LogP contribution in [0.2, 0.25) is 0 Å². The lowest BCUT2D eigenvalue weighted by Crippen LogP contribution is -2.31. The fourth-order valence-electron chi connectivity index (χ4n) is 4.08. The molecule has 0 radical (unpaired) electrons.